The molecule has 0 aliphatic rings. The average Bonchev–Trinajstić information content (AvgIpc) is 2.27. The highest BCUT2D eigenvalue weighted by molar-refractivity contribution is 9.10. The van der Waals surface area contributed by atoms with Gasteiger partial charge in [0.25, 0.3) is 0 Å². The monoisotopic (exact) mass is 292 g/mol. The van der Waals surface area contributed by atoms with E-state index >= 15 is 0 Å². The van der Waals surface area contributed by atoms with Crippen LogP contribution in [-0.2, 0) is 0 Å². The summed E-state index contributed by atoms with van der Waals surface area (Å²) >= 11 is 3.37. The van der Waals surface area contributed by atoms with Crippen LogP contribution in [0.1, 0.15) is 5.56 Å². The second-order valence-electron chi connectivity index (χ2n) is 3.90. The molecule has 2 aromatic rings. The maximum Gasteiger partial charge on any atom is 0.126 e. The molecule has 0 atom stereocenters. The van der Waals surface area contributed by atoms with Gasteiger partial charge < -0.3 is 9.84 Å². The number of benzene rings is 2. The highest BCUT2D eigenvalue weighted by Gasteiger charge is 2.07. The Morgan fingerprint density at radius 3 is 2.53 bits per heavy atom. The van der Waals surface area contributed by atoms with E-state index in [9.17, 15) is 5.11 Å². The van der Waals surface area contributed by atoms with E-state index in [0.717, 1.165) is 26.9 Å². The molecular formula is C14H13BrO2. The van der Waals surface area contributed by atoms with Crippen LogP contribution in [-0.4, -0.2) is 12.2 Å². The number of phenolic OH excluding ortho intramolecular Hbond substituents is 1. The normalized spacial score (nSPS) is 10.3. The van der Waals surface area contributed by atoms with Crippen LogP contribution in [0.25, 0.3) is 11.1 Å². The maximum absolute atomic E-state index is 9.62. The van der Waals surface area contributed by atoms with Crippen molar-refractivity contribution in [1.29, 1.82) is 0 Å². The largest absolute Gasteiger partial charge is 0.508 e. The number of hydrogen-bond acceptors (Lipinski definition) is 2. The number of aryl methyl sites for hydroxylation is 1. The molecular weight excluding hydrogens is 280 g/mol. The summed E-state index contributed by atoms with van der Waals surface area (Å²) in [5, 5.41) is 9.62. The third-order valence-electron chi connectivity index (χ3n) is 2.55. The summed E-state index contributed by atoms with van der Waals surface area (Å²) in [7, 11) is 1.64. The van der Waals surface area contributed by atoms with E-state index < -0.39 is 0 Å². The molecule has 2 nitrogen and oxygen atoms in total. The van der Waals surface area contributed by atoms with E-state index in [-0.39, 0.29) is 5.75 Å². The Kier molecular flexibility index (Phi) is 3.38. The fourth-order valence-corrected chi connectivity index (χ4v) is 2.26. The summed E-state index contributed by atoms with van der Waals surface area (Å²) in [6.45, 7) is 2.03. The molecule has 0 saturated heterocycles. The number of rotatable bonds is 2. The Hall–Kier alpha value is -1.48. The molecule has 88 valence electrons. The number of hydrogen-bond donors (Lipinski definition) is 1. The van der Waals surface area contributed by atoms with Crippen molar-refractivity contribution in [2.45, 2.75) is 6.92 Å². The third-order valence-corrected chi connectivity index (χ3v) is 3.01. The summed E-state index contributed by atoms with van der Waals surface area (Å²) in [4.78, 5) is 0. The zero-order valence-corrected chi connectivity index (χ0v) is 11.3. The highest BCUT2D eigenvalue weighted by Crippen LogP contribution is 2.34. The Bertz CT molecular complexity index is 530. The lowest BCUT2D eigenvalue weighted by molar-refractivity contribution is 0.416. The van der Waals surface area contributed by atoms with E-state index in [1.165, 1.54) is 0 Å². The Labute approximate surface area is 109 Å². The SMILES string of the molecule is COc1ccc(C)cc1-c1cc(O)cc(Br)c1. The van der Waals surface area contributed by atoms with Crippen LogP contribution < -0.4 is 4.74 Å². The summed E-state index contributed by atoms with van der Waals surface area (Å²) in [5.74, 6) is 1.03. The molecule has 0 spiro atoms. The lowest BCUT2D eigenvalue weighted by atomic mass is 10.0. The van der Waals surface area contributed by atoms with Crippen molar-refractivity contribution in [3.63, 3.8) is 0 Å². The summed E-state index contributed by atoms with van der Waals surface area (Å²) in [5.41, 5.74) is 3.06. The average molecular weight is 293 g/mol. The molecule has 0 saturated carbocycles. The molecule has 0 amide bonds. The molecule has 0 aromatic heterocycles. The standard InChI is InChI=1S/C14H13BrO2/c1-9-3-4-14(17-2)13(5-9)10-6-11(15)8-12(16)7-10/h3-8,16H,1-2H3. The maximum atomic E-state index is 9.62. The van der Waals surface area contributed by atoms with Crippen molar-refractivity contribution in [3.8, 4) is 22.6 Å². The molecule has 0 heterocycles. The molecule has 0 aliphatic heterocycles. The molecule has 0 aliphatic carbocycles. The van der Waals surface area contributed by atoms with Crippen LogP contribution in [0.3, 0.4) is 0 Å². The Morgan fingerprint density at radius 2 is 1.88 bits per heavy atom. The van der Waals surface area contributed by atoms with Crippen molar-refractivity contribution in [2.24, 2.45) is 0 Å². The second kappa shape index (κ2) is 4.80. The number of methoxy groups -OCH3 is 1. The first kappa shape index (κ1) is 12.0. The van der Waals surface area contributed by atoms with E-state index in [2.05, 4.69) is 15.9 Å². The first-order valence-electron chi connectivity index (χ1n) is 5.25. The third kappa shape index (κ3) is 2.61. The Morgan fingerprint density at radius 1 is 1.12 bits per heavy atom. The van der Waals surface area contributed by atoms with Gasteiger partial charge in [-0.2, -0.15) is 0 Å². The molecule has 0 bridgehead atoms. The zero-order valence-electron chi connectivity index (χ0n) is 9.70. The van der Waals surface area contributed by atoms with Crippen LogP contribution in [0.5, 0.6) is 11.5 Å². The van der Waals surface area contributed by atoms with Gasteiger partial charge in [0.15, 0.2) is 0 Å². The van der Waals surface area contributed by atoms with Crippen molar-refractivity contribution in [1.82, 2.24) is 0 Å². The van der Waals surface area contributed by atoms with Gasteiger partial charge >= 0.3 is 0 Å². The summed E-state index contributed by atoms with van der Waals surface area (Å²) < 4.78 is 6.18. The minimum Gasteiger partial charge on any atom is -0.508 e. The van der Waals surface area contributed by atoms with Crippen molar-refractivity contribution in [2.75, 3.05) is 7.11 Å². The predicted octanol–water partition coefficient (Wildman–Crippen LogP) is 4.14. The molecule has 0 unspecified atom stereocenters. The predicted molar refractivity (Wildman–Crippen MR) is 72.5 cm³/mol. The fourth-order valence-electron chi connectivity index (χ4n) is 1.78. The van der Waals surface area contributed by atoms with Crippen LogP contribution in [0.2, 0.25) is 0 Å². The molecule has 2 rings (SSSR count). The van der Waals surface area contributed by atoms with Crippen molar-refractivity contribution < 1.29 is 9.84 Å². The number of ether oxygens (including phenoxy) is 1. The van der Waals surface area contributed by atoms with Gasteiger partial charge in [-0.05, 0) is 42.8 Å². The second-order valence-corrected chi connectivity index (χ2v) is 4.82. The van der Waals surface area contributed by atoms with Gasteiger partial charge in [0.1, 0.15) is 11.5 Å². The van der Waals surface area contributed by atoms with E-state index in [1.54, 1.807) is 19.2 Å². The topological polar surface area (TPSA) is 29.5 Å². The smallest absolute Gasteiger partial charge is 0.126 e. The van der Waals surface area contributed by atoms with Gasteiger partial charge in [-0.15, -0.1) is 0 Å². The van der Waals surface area contributed by atoms with Gasteiger partial charge in [0, 0.05) is 10.0 Å². The van der Waals surface area contributed by atoms with Gasteiger partial charge in [-0.25, -0.2) is 0 Å². The quantitative estimate of drug-likeness (QED) is 0.901. The molecule has 17 heavy (non-hydrogen) atoms. The van der Waals surface area contributed by atoms with Gasteiger partial charge in [-0.1, -0.05) is 27.6 Å². The van der Waals surface area contributed by atoms with E-state index in [0.29, 0.717) is 0 Å². The molecule has 3 heteroatoms. The van der Waals surface area contributed by atoms with E-state index in [4.69, 9.17) is 4.74 Å². The first-order chi connectivity index (χ1) is 8.10. The number of halogens is 1. The van der Waals surface area contributed by atoms with E-state index in [1.807, 2.05) is 31.2 Å². The van der Waals surface area contributed by atoms with Gasteiger partial charge in [0.05, 0.1) is 7.11 Å². The molecule has 1 N–H and O–H groups in total. The van der Waals surface area contributed by atoms with Crippen LogP contribution in [0, 0.1) is 6.92 Å². The molecule has 0 radical (unpaired) electrons. The summed E-state index contributed by atoms with van der Waals surface area (Å²) in [6.07, 6.45) is 0. The van der Waals surface area contributed by atoms with Gasteiger partial charge in [0.2, 0.25) is 0 Å². The van der Waals surface area contributed by atoms with Crippen LogP contribution in [0.4, 0.5) is 0 Å². The lowest BCUT2D eigenvalue weighted by Crippen LogP contribution is -1.89. The fraction of sp³-hybridized carbons (Fsp3) is 0.143. The summed E-state index contributed by atoms with van der Waals surface area (Å²) in [6, 6.07) is 11.3. The number of aromatic hydroxyl groups is 1. The first-order valence-corrected chi connectivity index (χ1v) is 6.04. The number of phenols is 1. The minimum absolute atomic E-state index is 0.234. The lowest BCUT2D eigenvalue weighted by Gasteiger charge is -2.10. The van der Waals surface area contributed by atoms with Crippen LogP contribution >= 0.6 is 15.9 Å². The van der Waals surface area contributed by atoms with Crippen molar-refractivity contribution >= 4 is 15.9 Å². The van der Waals surface area contributed by atoms with Crippen LogP contribution in [0.15, 0.2) is 40.9 Å². The van der Waals surface area contributed by atoms with Gasteiger partial charge in [-0.3, -0.25) is 0 Å². The molecule has 0 fully saturated rings. The highest BCUT2D eigenvalue weighted by atomic mass is 79.9. The van der Waals surface area contributed by atoms with Crippen molar-refractivity contribution in [3.05, 3.63) is 46.4 Å². The minimum atomic E-state index is 0.234. The zero-order chi connectivity index (χ0) is 12.4. The Balaban J connectivity index is 2.62. The molecule has 2 aromatic carbocycles.